The lowest BCUT2D eigenvalue weighted by Gasteiger charge is -2.35. The highest BCUT2D eigenvalue weighted by Crippen LogP contribution is 2.37. The molecule has 0 saturated carbocycles. The highest BCUT2D eigenvalue weighted by atomic mass is 32.1. The third kappa shape index (κ3) is 12.0. The largest absolute Gasteiger partial charge is 0.493 e. The third-order valence-corrected chi connectivity index (χ3v) is 13.3. The van der Waals surface area contributed by atoms with Crippen LogP contribution >= 0.6 is 23.6 Å². The predicted molar refractivity (Wildman–Crippen MR) is 261 cm³/mol. The number of nitrogens with one attached hydrogen (secondary N) is 2. The predicted octanol–water partition coefficient (Wildman–Crippen LogP) is 8.97. The van der Waals surface area contributed by atoms with Crippen molar-refractivity contribution in [3.8, 4) is 33.4 Å². The van der Waals surface area contributed by atoms with E-state index < -0.39 is 52.4 Å². The van der Waals surface area contributed by atoms with Crippen LogP contribution in [0.3, 0.4) is 0 Å². The van der Waals surface area contributed by atoms with Gasteiger partial charge in [0.15, 0.2) is 5.11 Å². The van der Waals surface area contributed by atoms with Gasteiger partial charge in [0.25, 0.3) is 5.91 Å². The van der Waals surface area contributed by atoms with Crippen LogP contribution in [0.15, 0.2) is 90.4 Å². The van der Waals surface area contributed by atoms with Crippen LogP contribution in [0.1, 0.15) is 68.8 Å². The second-order valence-electron chi connectivity index (χ2n) is 18.0. The molecule has 70 heavy (non-hydrogen) atoms. The zero-order chi connectivity index (χ0) is 50.3. The summed E-state index contributed by atoms with van der Waals surface area (Å²) in [5.74, 6) is -1.83. The minimum absolute atomic E-state index is 0.0495. The molecule has 2 N–H and O–H groups in total. The normalized spacial score (nSPS) is 15.5. The maximum atomic E-state index is 15.3. The van der Waals surface area contributed by atoms with Gasteiger partial charge in [0.1, 0.15) is 36.8 Å². The average Bonchev–Trinajstić information content (AvgIpc) is 4.07. The molecule has 366 valence electrons. The Labute approximate surface area is 412 Å². The molecule has 0 aliphatic carbocycles. The van der Waals surface area contributed by atoms with E-state index in [1.54, 1.807) is 52.6 Å². The van der Waals surface area contributed by atoms with Crippen LogP contribution in [0.4, 0.5) is 28.9 Å². The number of nitriles is 1. The Morgan fingerprint density at radius 2 is 1.66 bits per heavy atom. The van der Waals surface area contributed by atoms with Gasteiger partial charge in [-0.1, -0.05) is 57.2 Å². The van der Waals surface area contributed by atoms with E-state index in [0.717, 1.165) is 38.7 Å². The van der Waals surface area contributed by atoms with Crippen LogP contribution in [0.25, 0.3) is 21.6 Å². The van der Waals surface area contributed by atoms with Gasteiger partial charge in [-0.15, -0.1) is 11.3 Å². The number of amides is 4. The first-order valence-corrected chi connectivity index (χ1v) is 23.9. The van der Waals surface area contributed by atoms with Crippen LogP contribution in [0.5, 0.6) is 5.75 Å². The summed E-state index contributed by atoms with van der Waals surface area (Å²) in [6.07, 6.45) is -2.55. The Kier molecular flexibility index (Phi) is 16.0. The number of alkyl halides is 3. The molecule has 3 heterocycles. The molecule has 2 atom stereocenters. The average molecular weight is 998 g/mol. The molecule has 19 heteroatoms. The van der Waals surface area contributed by atoms with Gasteiger partial charge >= 0.3 is 6.18 Å². The van der Waals surface area contributed by atoms with E-state index in [4.69, 9.17) is 27.0 Å². The van der Waals surface area contributed by atoms with Gasteiger partial charge in [-0.05, 0) is 109 Å². The first kappa shape index (κ1) is 51.1. The number of aromatic nitrogens is 1. The molecule has 5 aromatic rings. The van der Waals surface area contributed by atoms with Gasteiger partial charge in [-0.2, -0.15) is 18.4 Å². The van der Waals surface area contributed by atoms with E-state index in [9.17, 15) is 32.3 Å². The quantitative estimate of drug-likeness (QED) is 0.0524. The summed E-state index contributed by atoms with van der Waals surface area (Å²) in [7, 11) is 0. The first-order valence-electron chi connectivity index (χ1n) is 22.6. The van der Waals surface area contributed by atoms with Crippen LogP contribution in [0.2, 0.25) is 0 Å². The number of carbonyl (C=O) groups excluding carboxylic acids is 4. The van der Waals surface area contributed by atoms with Crippen LogP contribution in [-0.4, -0.2) is 83.6 Å². The lowest BCUT2D eigenvalue weighted by atomic mass is 9.85. The number of benzene rings is 4. The topological polar surface area (TPSA) is 157 Å². The third-order valence-electron chi connectivity index (χ3n) is 12.0. The van der Waals surface area contributed by atoms with Gasteiger partial charge in [0.05, 0.1) is 45.6 Å². The van der Waals surface area contributed by atoms with Crippen molar-refractivity contribution >= 4 is 63.7 Å². The number of carbonyl (C=O) groups is 4. The number of nitrogens with zero attached hydrogens (tertiary/aromatic N) is 5. The molecular formula is C51H51F4N7O6S2. The summed E-state index contributed by atoms with van der Waals surface area (Å²) in [6, 6.07) is 21.8. The van der Waals surface area contributed by atoms with Gasteiger partial charge in [-0.25, -0.2) is 9.37 Å². The Morgan fingerprint density at radius 3 is 2.31 bits per heavy atom. The maximum absolute atomic E-state index is 15.3. The number of unbranched alkanes of at least 4 members (excludes halogenated alkanes) is 1. The van der Waals surface area contributed by atoms with Crippen molar-refractivity contribution in [1.29, 1.82) is 5.26 Å². The summed E-state index contributed by atoms with van der Waals surface area (Å²) in [4.78, 5) is 62.8. The van der Waals surface area contributed by atoms with E-state index in [1.165, 1.54) is 23.1 Å². The molecule has 0 radical (unpaired) electrons. The number of aryl methyl sites for hydroxylation is 1. The van der Waals surface area contributed by atoms with Crippen molar-refractivity contribution in [3.63, 3.8) is 0 Å². The molecule has 2 fully saturated rings. The lowest BCUT2D eigenvalue weighted by Crippen LogP contribution is -2.58. The summed E-state index contributed by atoms with van der Waals surface area (Å²) >= 11 is 7.06. The standard InChI is InChI=1S/C51H51F4N7O6S2/c1-31-45(70-30-58-31)34-11-9-32(10-12-34)27-57-47(65)42-8-7-21-60(42)48(66)46(50(2,3)4)59-43(63)29-67-22-5-6-23-68-38-19-20-39(41(52)25-38)33-13-16-36(17-14-33)61-28-44(64)62(49(61)69)37-18-15-35(26-56)40(24-37)51(53,54)55/h9-20,24-25,30,42,46H,5-8,21-23,27-29H2,1-4H3,(H,57,65)(H,59,63)/t42-,46?/m0/s1. The number of hydrogen-bond acceptors (Lipinski definition) is 10. The van der Waals surface area contributed by atoms with Crippen molar-refractivity contribution in [1.82, 2.24) is 20.5 Å². The summed E-state index contributed by atoms with van der Waals surface area (Å²) in [5.41, 5.74) is 3.50. The number of rotatable bonds is 17. The smallest absolute Gasteiger partial charge is 0.417 e. The summed E-state index contributed by atoms with van der Waals surface area (Å²) in [5, 5.41) is 14.9. The number of halogens is 4. The highest BCUT2D eigenvalue weighted by molar-refractivity contribution is 7.81. The highest BCUT2D eigenvalue weighted by Gasteiger charge is 2.42. The Balaban J connectivity index is 0.829. The minimum atomic E-state index is -4.81. The van der Waals surface area contributed by atoms with Crippen LogP contribution in [0, 0.1) is 29.5 Å². The second kappa shape index (κ2) is 21.9. The molecule has 7 rings (SSSR count). The number of hydrogen-bond donors (Lipinski definition) is 2. The minimum Gasteiger partial charge on any atom is -0.493 e. The van der Waals surface area contributed by atoms with E-state index in [2.05, 4.69) is 15.6 Å². The molecular weight excluding hydrogens is 947 g/mol. The van der Waals surface area contributed by atoms with Crippen molar-refractivity contribution in [2.24, 2.45) is 5.41 Å². The number of ether oxygens (including phenoxy) is 2. The van der Waals surface area contributed by atoms with Gasteiger partial charge in [-0.3, -0.25) is 24.1 Å². The fourth-order valence-corrected chi connectivity index (χ4v) is 9.43. The number of likely N-dealkylation sites (tertiary alicyclic amines) is 1. The Hall–Kier alpha value is -6.75. The second-order valence-corrected chi connectivity index (χ2v) is 19.2. The van der Waals surface area contributed by atoms with Gasteiger partial charge in [0.2, 0.25) is 17.7 Å². The first-order chi connectivity index (χ1) is 33.3. The number of thiocarbonyl (C=S) groups is 1. The van der Waals surface area contributed by atoms with Gasteiger partial charge < -0.3 is 29.9 Å². The molecule has 2 aliphatic heterocycles. The zero-order valence-electron chi connectivity index (χ0n) is 38.9. The zero-order valence-corrected chi connectivity index (χ0v) is 40.5. The molecule has 0 bridgehead atoms. The fourth-order valence-electron chi connectivity index (χ4n) is 8.24. The SMILES string of the molecule is Cc1ncsc1-c1ccc(CNC(=O)[C@@H]2CCCN2C(=O)C(NC(=O)COCCCCOc2ccc(-c3ccc(N4CC(=O)N(c5ccc(C#N)c(C(F)(F)F)c5)C4=S)cc3)c(F)c2)C(C)(C)C)cc1. The molecule has 2 aliphatic rings. The molecule has 1 aromatic heterocycles. The molecule has 1 unspecified atom stereocenters. The molecule has 2 saturated heterocycles. The number of thiazole rings is 1. The summed E-state index contributed by atoms with van der Waals surface area (Å²) < 4.78 is 67.6. The van der Waals surface area contributed by atoms with E-state index in [0.29, 0.717) is 55.8 Å². The fraction of sp³-hybridized carbons (Fsp3) is 0.353. The molecule has 4 aromatic carbocycles. The maximum Gasteiger partial charge on any atom is 0.417 e. The Bertz CT molecular complexity index is 2790. The van der Waals surface area contributed by atoms with Crippen molar-refractivity contribution in [2.75, 3.05) is 42.7 Å². The Morgan fingerprint density at radius 1 is 0.957 bits per heavy atom. The molecule has 0 spiro atoms. The van der Waals surface area contributed by atoms with Gasteiger partial charge in [0, 0.05) is 37.0 Å². The summed E-state index contributed by atoms with van der Waals surface area (Å²) in [6.45, 7) is 8.22. The molecule has 4 amide bonds. The monoisotopic (exact) mass is 997 g/mol. The lowest BCUT2D eigenvalue weighted by molar-refractivity contribution is -0.144. The molecule has 13 nitrogen and oxygen atoms in total. The van der Waals surface area contributed by atoms with Crippen LogP contribution in [-0.2, 0) is 36.6 Å². The van der Waals surface area contributed by atoms with E-state index >= 15 is 4.39 Å². The number of anilines is 2. The van der Waals surface area contributed by atoms with E-state index in [-0.39, 0.29) is 54.5 Å². The van der Waals surface area contributed by atoms with Crippen molar-refractivity contribution in [3.05, 3.63) is 119 Å². The van der Waals surface area contributed by atoms with Crippen molar-refractivity contribution in [2.45, 2.75) is 78.2 Å². The van der Waals surface area contributed by atoms with E-state index in [1.807, 2.05) is 57.5 Å². The van der Waals surface area contributed by atoms with Crippen LogP contribution < -0.4 is 25.2 Å². The van der Waals surface area contributed by atoms with Crippen molar-refractivity contribution < 1.29 is 46.2 Å².